The topological polar surface area (TPSA) is 12.0 Å². The van der Waals surface area contributed by atoms with E-state index in [1.165, 1.54) is 6.07 Å². The van der Waals surface area contributed by atoms with E-state index >= 15 is 0 Å². The van der Waals surface area contributed by atoms with E-state index in [-0.39, 0.29) is 0 Å². The average Bonchev–Trinajstić information content (AvgIpc) is 2.09. The Labute approximate surface area is 82.1 Å². The molecule has 1 fully saturated rings. The fourth-order valence-electron chi connectivity index (χ4n) is 1.84. The number of rotatable bonds is 2. The summed E-state index contributed by atoms with van der Waals surface area (Å²) in [4.78, 5) is 0. The first-order chi connectivity index (χ1) is 6.65. The molecule has 1 nitrogen and oxygen atoms in total. The second-order valence-corrected chi connectivity index (χ2v) is 4.05. The third-order valence-corrected chi connectivity index (χ3v) is 2.66. The zero-order chi connectivity index (χ0) is 10.1. The maximum atomic E-state index is 12.8. The lowest BCUT2D eigenvalue weighted by atomic mass is 9.82. The van der Waals surface area contributed by atoms with Crippen molar-refractivity contribution in [2.24, 2.45) is 5.92 Å². The molecule has 14 heavy (non-hydrogen) atoms. The normalized spacial score (nSPS) is 25.6. The summed E-state index contributed by atoms with van der Waals surface area (Å²) >= 11 is 0. The van der Waals surface area contributed by atoms with Crippen molar-refractivity contribution >= 4 is 5.69 Å². The van der Waals surface area contributed by atoms with Crippen molar-refractivity contribution in [3.05, 3.63) is 29.8 Å². The molecule has 0 amide bonds. The fraction of sp³-hybridized carbons (Fsp3) is 0.455. The molecule has 0 aromatic heterocycles. The van der Waals surface area contributed by atoms with Gasteiger partial charge in [-0.05, 0) is 30.9 Å². The summed E-state index contributed by atoms with van der Waals surface area (Å²) in [7, 11) is 0. The fourth-order valence-corrected chi connectivity index (χ4v) is 1.84. The summed E-state index contributed by atoms with van der Waals surface area (Å²) in [6.07, 6.45) is 2.22. The van der Waals surface area contributed by atoms with Crippen molar-refractivity contribution in [2.75, 3.05) is 5.32 Å². The zero-order valence-corrected chi connectivity index (χ0v) is 8.06. The van der Waals surface area contributed by atoms with Crippen molar-refractivity contribution in [1.82, 2.24) is 0 Å². The first kappa shape index (κ1) is 9.44. The van der Waals surface area contributed by atoms with E-state index in [0.29, 0.717) is 11.7 Å². The van der Waals surface area contributed by atoms with Gasteiger partial charge in [-0.15, -0.1) is 0 Å². The Morgan fingerprint density at radius 2 is 1.93 bits per heavy atom. The smallest absolute Gasteiger partial charge is 0.160 e. The molecule has 1 aliphatic rings. The van der Waals surface area contributed by atoms with E-state index in [0.717, 1.165) is 24.8 Å². The quantitative estimate of drug-likeness (QED) is 0.767. The van der Waals surface area contributed by atoms with Crippen LogP contribution in [0.5, 0.6) is 0 Å². The van der Waals surface area contributed by atoms with Gasteiger partial charge in [0.15, 0.2) is 11.6 Å². The van der Waals surface area contributed by atoms with Crippen molar-refractivity contribution in [3.63, 3.8) is 0 Å². The Hall–Kier alpha value is -1.12. The van der Waals surface area contributed by atoms with Crippen molar-refractivity contribution in [2.45, 2.75) is 25.8 Å². The Kier molecular flexibility index (Phi) is 2.40. The molecule has 2 rings (SSSR count). The molecular formula is C11H13F2N. The highest BCUT2D eigenvalue weighted by atomic mass is 19.2. The van der Waals surface area contributed by atoms with Crippen molar-refractivity contribution < 1.29 is 8.78 Å². The molecule has 0 radical (unpaired) electrons. The van der Waals surface area contributed by atoms with E-state index in [1.54, 1.807) is 6.07 Å². The van der Waals surface area contributed by atoms with Crippen LogP contribution in [0, 0.1) is 17.6 Å². The lowest BCUT2D eigenvalue weighted by molar-refractivity contribution is 0.309. The molecule has 0 saturated heterocycles. The number of nitrogens with one attached hydrogen (secondary N) is 1. The molecule has 0 heterocycles. The second kappa shape index (κ2) is 3.56. The predicted molar refractivity (Wildman–Crippen MR) is 52.2 cm³/mol. The van der Waals surface area contributed by atoms with E-state index in [9.17, 15) is 8.78 Å². The van der Waals surface area contributed by atoms with Gasteiger partial charge in [-0.1, -0.05) is 6.92 Å². The van der Waals surface area contributed by atoms with Gasteiger partial charge >= 0.3 is 0 Å². The lowest BCUT2D eigenvalue weighted by Crippen LogP contribution is -2.33. The largest absolute Gasteiger partial charge is 0.382 e. The third kappa shape index (κ3) is 1.86. The van der Waals surface area contributed by atoms with Crippen LogP contribution in [-0.4, -0.2) is 6.04 Å². The molecule has 76 valence electrons. The summed E-state index contributed by atoms with van der Waals surface area (Å²) in [6, 6.07) is 4.36. The van der Waals surface area contributed by atoms with Gasteiger partial charge in [0, 0.05) is 17.8 Å². The minimum Gasteiger partial charge on any atom is -0.382 e. The van der Waals surface area contributed by atoms with Crippen molar-refractivity contribution in [1.29, 1.82) is 0 Å². The summed E-state index contributed by atoms with van der Waals surface area (Å²) in [5.74, 6) is -0.835. The minimum atomic E-state index is -0.794. The van der Waals surface area contributed by atoms with Crippen LogP contribution in [0.3, 0.4) is 0 Å². The molecule has 0 spiro atoms. The number of anilines is 1. The molecule has 3 heteroatoms. The first-order valence-electron chi connectivity index (χ1n) is 4.87. The Morgan fingerprint density at radius 3 is 2.50 bits per heavy atom. The van der Waals surface area contributed by atoms with Gasteiger partial charge in [0.25, 0.3) is 0 Å². The van der Waals surface area contributed by atoms with Gasteiger partial charge in [0.05, 0.1) is 0 Å². The van der Waals surface area contributed by atoms with E-state index in [2.05, 4.69) is 12.2 Å². The number of hydrogen-bond acceptors (Lipinski definition) is 1. The highest BCUT2D eigenvalue weighted by Gasteiger charge is 2.24. The number of benzene rings is 1. The molecule has 1 aliphatic carbocycles. The highest BCUT2D eigenvalue weighted by Crippen LogP contribution is 2.29. The molecule has 0 unspecified atom stereocenters. The maximum Gasteiger partial charge on any atom is 0.160 e. The first-order valence-corrected chi connectivity index (χ1v) is 4.87. The van der Waals surface area contributed by atoms with Crippen LogP contribution < -0.4 is 5.32 Å². The summed E-state index contributed by atoms with van der Waals surface area (Å²) in [6.45, 7) is 2.18. The minimum absolute atomic E-state index is 0.426. The lowest BCUT2D eigenvalue weighted by Gasteiger charge is -2.34. The van der Waals surface area contributed by atoms with E-state index in [1.807, 2.05) is 0 Å². The van der Waals surface area contributed by atoms with Crippen molar-refractivity contribution in [3.8, 4) is 0 Å². The average molecular weight is 197 g/mol. The molecule has 1 saturated carbocycles. The van der Waals surface area contributed by atoms with Crippen LogP contribution in [0.1, 0.15) is 19.8 Å². The van der Waals surface area contributed by atoms with Gasteiger partial charge < -0.3 is 5.32 Å². The molecule has 0 bridgehead atoms. The summed E-state index contributed by atoms with van der Waals surface area (Å²) in [5, 5.41) is 3.17. The molecule has 0 atom stereocenters. The van der Waals surface area contributed by atoms with Crippen LogP contribution in [0.25, 0.3) is 0 Å². The van der Waals surface area contributed by atoms with Crippen LogP contribution in [0.4, 0.5) is 14.5 Å². The van der Waals surface area contributed by atoms with E-state index < -0.39 is 11.6 Å². The Balaban J connectivity index is 2.00. The van der Waals surface area contributed by atoms with Crippen LogP contribution in [0.15, 0.2) is 18.2 Å². The van der Waals surface area contributed by atoms with Gasteiger partial charge in [-0.3, -0.25) is 0 Å². The Bertz CT molecular complexity index is 332. The molecule has 0 aliphatic heterocycles. The standard InChI is InChI=1S/C11H13F2N/c1-7-4-9(5-7)14-8-2-3-10(12)11(13)6-8/h2-3,6-7,9,14H,4-5H2,1H3. The predicted octanol–water partition coefficient (Wildman–Crippen LogP) is 3.18. The third-order valence-electron chi connectivity index (χ3n) is 2.66. The van der Waals surface area contributed by atoms with Gasteiger partial charge in [0.2, 0.25) is 0 Å². The van der Waals surface area contributed by atoms with Gasteiger partial charge in [0.1, 0.15) is 0 Å². The summed E-state index contributed by atoms with van der Waals surface area (Å²) < 4.78 is 25.4. The maximum absolute atomic E-state index is 12.8. The monoisotopic (exact) mass is 197 g/mol. The van der Waals surface area contributed by atoms with Crippen LogP contribution >= 0.6 is 0 Å². The highest BCUT2D eigenvalue weighted by molar-refractivity contribution is 5.44. The molecular weight excluding hydrogens is 184 g/mol. The second-order valence-electron chi connectivity index (χ2n) is 4.05. The Morgan fingerprint density at radius 1 is 1.21 bits per heavy atom. The number of halogens is 2. The molecule has 1 N–H and O–H groups in total. The van der Waals surface area contributed by atoms with Crippen LogP contribution in [0.2, 0.25) is 0 Å². The molecule has 1 aromatic rings. The SMILES string of the molecule is CC1CC(Nc2ccc(F)c(F)c2)C1. The van der Waals surface area contributed by atoms with Gasteiger partial charge in [-0.25, -0.2) is 8.78 Å². The van der Waals surface area contributed by atoms with E-state index in [4.69, 9.17) is 0 Å². The molecule has 1 aromatic carbocycles. The van der Waals surface area contributed by atoms with Crippen LogP contribution in [-0.2, 0) is 0 Å². The zero-order valence-electron chi connectivity index (χ0n) is 8.06. The summed E-state index contributed by atoms with van der Waals surface area (Å²) in [5.41, 5.74) is 0.667. The number of hydrogen-bond donors (Lipinski definition) is 1. The van der Waals surface area contributed by atoms with Gasteiger partial charge in [-0.2, -0.15) is 0 Å².